The lowest BCUT2D eigenvalue weighted by Gasteiger charge is -2.31. The first-order valence-corrected chi connectivity index (χ1v) is 12.0. The molecule has 172 valence electrons. The van der Waals surface area contributed by atoms with Crippen molar-refractivity contribution in [3.8, 4) is 11.3 Å². The van der Waals surface area contributed by atoms with Crippen LogP contribution in [-0.2, 0) is 4.74 Å². The smallest absolute Gasteiger partial charge is 0.170 e. The zero-order valence-electron chi connectivity index (χ0n) is 18.5. The van der Waals surface area contributed by atoms with Gasteiger partial charge in [-0.1, -0.05) is 23.7 Å². The molecule has 2 saturated heterocycles. The fourth-order valence-electron chi connectivity index (χ4n) is 4.55. The largest absolute Gasteiger partial charge is 0.459 e. The Morgan fingerprint density at radius 3 is 2.76 bits per heavy atom. The van der Waals surface area contributed by atoms with Crippen molar-refractivity contribution in [3.05, 3.63) is 76.8 Å². The van der Waals surface area contributed by atoms with Crippen LogP contribution in [0.2, 0.25) is 5.02 Å². The fourth-order valence-corrected chi connectivity index (χ4v) is 5.05. The van der Waals surface area contributed by atoms with E-state index in [1.807, 2.05) is 54.7 Å². The van der Waals surface area contributed by atoms with E-state index in [1.165, 1.54) is 0 Å². The van der Waals surface area contributed by atoms with Crippen LogP contribution in [0.3, 0.4) is 0 Å². The Morgan fingerprint density at radius 2 is 1.97 bits per heavy atom. The maximum absolute atomic E-state index is 6.45. The first-order chi connectivity index (χ1) is 16.1. The monoisotopic (exact) mass is 482 g/mol. The summed E-state index contributed by atoms with van der Waals surface area (Å²) in [4.78, 5) is 9.26. The van der Waals surface area contributed by atoms with Crippen molar-refractivity contribution < 1.29 is 9.15 Å². The molecular formula is C25H27ClN4O2S. The lowest BCUT2D eigenvalue weighted by Crippen LogP contribution is -2.42. The van der Waals surface area contributed by atoms with Gasteiger partial charge in [-0.25, -0.2) is 0 Å². The molecule has 0 saturated carbocycles. The number of hydrogen-bond acceptors (Lipinski definition) is 5. The maximum Gasteiger partial charge on any atom is 0.170 e. The Balaban J connectivity index is 1.46. The lowest BCUT2D eigenvalue weighted by molar-refractivity contribution is 0.0347. The van der Waals surface area contributed by atoms with Gasteiger partial charge < -0.3 is 19.4 Å². The third-order valence-corrected chi connectivity index (χ3v) is 6.93. The van der Waals surface area contributed by atoms with Gasteiger partial charge in [-0.2, -0.15) is 0 Å². The van der Waals surface area contributed by atoms with Gasteiger partial charge in [0, 0.05) is 43.0 Å². The van der Waals surface area contributed by atoms with Gasteiger partial charge in [-0.3, -0.25) is 9.88 Å². The van der Waals surface area contributed by atoms with E-state index in [-0.39, 0.29) is 12.1 Å². The number of thiocarbonyl (C=S) groups is 1. The van der Waals surface area contributed by atoms with E-state index in [1.54, 1.807) is 0 Å². The van der Waals surface area contributed by atoms with Gasteiger partial charge in [0.05, 0.1) is 24.9 Å². The molecule has 0 aliphatic carbocycles. The van der Waals surface area contributed by atoms with Crippen LogP contribution < -0.4 is 5.32 Å². The molecule has 2 aromatic heterocycles. The van der Waals surface area contributed by atoms with Crippen molar-refractivity contribution in [2.75, 3.05) is 39.4 Å². The molecule has 6 nitrogen and oxygen atoms in total. The minimum atomic E-state index is -0.0957. The molecule has 33 heavy (non-hydrogen) atoms. The summed E-state index contributed by atoms with van der Waals surface area (Å²) in [5.41, 5.74) is 3.05. The first kappa shape index (κ1) is 22.3. The molecule has 2 aliphatic rings. The highest BCUT2D eigenvalue weighted by Gasteiger charge is 2.41. The van der Waals surface area contributed by atoms with Crippen molar-refractivity contribution in [1.29, 1.82) is 0 Å². The number of aryl methyl sites for hydroxylation is 1. The number of nitrogens with zero attached hydrogens (tertiary/aromatic N) is 3. The Bertz CT molecular complexity index is 1120. The van der Waals surface area contributed by atoms with E-state index in [4.69, 9.17) is 33.0 Å². The summed E-state index contributed by atoms with van der Waals surface area (Å²) in [6.45, 7) is 7.23. The molecule has 0 amide bonds. The first-order valence-electron chi connectivity index (χ1n) is 11.2. The highest BCUT2D eigenvalue weighted by Crippen LogP contribution is 2.40. The predicted octanol–water partition coefficient (Wildman–Crippen LogP) is 4.61. The molecule has 5 rings (SSSR count). The van der Waals surface area contributed by atoms with Crippen LogP contribution in [0, 0.1) is 6.92 Å². The van der Waals surface area contributed by atoms with Gasteiger partial charge >= 0.3 is 0 Å². The quantitative estimate of drug-likeness (QED) is 0.515. The van der Waals surface area contributed by atoms with Gasteiger partial charge in [0.15, 0.2) is 5.11 Å². The van der Waals surface area contributed by atoms with E-state index in [9.17, 15) is 0 Å². The second kappa shape index (κ2) is 9.81. The van der Waals surface area contributed by atoms with E-state index < -0.39 is 0 Å². The Morgan fingerprint density at radius 1 is 1.12 bits per heavy atom. The summed E-state index contributed by atoms with van der Waals surface area (Å²) in [6, 6.07) is 15.7. The normalized spacial score (nSPS) is 21.4. The summed E-state index contributed by atoms with van der Waals surface area (Å²) in [7, 11) is 0. The van der Waals surface area contributed by atoms with E-state index in [0.717, 1.165) is 72.8 Å². The van der Waals surface area contributed by atoms with Gasteiger partial charge in [0.25, 0.3) is 0 Å². The molecule has 0 spiro atoms. The van der Waals surface area contributed by atoms with Crippen LogP contribution in [0.5, 0.6) is 0 Å². The van der Waals surface area contributed by atoms with Crippen LogP contribution in [0.1, 0.15) is 29.1 Å². The van der Waals surface area contributed by atoms with Crippen molar-refractivity contribution >= 4 is 28.9 Å². The summed E-state index contributed by atoms with van der Waals surface area (Å²) in [6.07, 6.45) is 1.82. The number of morpholine rings is 1. The molecule has 2 fully saturated rings. The second-order valence-corrected chi connectivity index (χ2v) is 9.26. The Hall–Kier alpha value is -2.45. The average Bonchev–Trinajstić information content (AvgIpc) is 3.45. The highest BCUT2D eigenvalue weighted by molar-refractivity contribution is 7.80. The van der Waals surface area contributed by atoms with Gasteiger partial charge in [-0.15, -0.1) is 0 Å². The zero-order valence-corrected chi connectivity index (χ0v) is 20.1. The second-order valence-electron chi connectivity index (χ2n) is 8.44. The molecule has 1 N–H and O–H groups in total. The van der Waals surface area contributed by atoms with Gasteiger partial charge in [0.1, 0.15) is 17.6 Å². The number of hydrogen-bond donors (Lipinski definition) is 1. The molecule has 4 heterocycles. The molecule has 1 aromatic carbocycles. The molecule has 2 atom stereocenters. The van der Waals surface area contributed by atoms with E-state index in [0.29, 0.717) is 5.02 Å². The number of aromatic nitrogens is 1. The Labute approximate surface area is 204 Å². The summed E-state index contributed by atoms with van der Waals surface area (Å²) >= 11 is 12.0. The number of ether oxygens (including phenoxy) is 1. The van der Waals surface area contributed by atoms with Gasteiger partial charge in [0.2, 0.25) is 0 Å². The van der Waals surface area contributed by atoms with Crippen LogP contribution in [0.25, 0.3) is 11.3 Å². The van der Waals surface area contributed by atoms with Crippen molar-refractivity contribution in [3.63, 3.8) is 0 Å². The van der Waals surface area contributed by atoms with Crippen LogP contribution in [-0.4, -0.2) is 59.3 Å². The number of pyridine rings is 1. The fraction of sp³-hybridized carbons (Fsp3) is 0.360. The summed E-state index contributed by atoms with van der Waals surface area (Å²) < 4.78 is 11.9. The van der Waals surface area contributed by atoms with Gasteiger partial charge in [-0.05, 0) is 61.1 Å². The molecule has 8 heteroatoms. The van der Waals surface area contributed by atoms with Crippen LogP contribution in [0.15, 0.2) is 59.1 Å². The molecular weight excluding hydrogens is 456 g/mol. The molecule has 2 aliphatic heterocycles. The zero-order chi connectivity index (χ0) is 22.8. The number of halogens is 1. The SMILES string of the molecule is Cc1ccc(Cl)cc1-c1ccc([C@@H]2[C@H](c3ccccn3)NC(=S)N2CCN2CCOCC2)o1. The number of benzene rings is 1. The van der Waals surface area contributed by atoms with Crippen molar-refractivity contribution in [1.82, 2.24) is 20.1 Å². The minimum absolute atomic E-state index is 0.0946. The number of nitrogens with one attached hydrogen (secondary N) is 1. The molecule has 0 bridgehead atoms. The average molecular weight is 483 g/mol. The third kappa shape index (κ3) is 4.77. The summed E-state index contributed by atoms with van der Waals surface area (Å²) in [5.74, 6) is 1.66. The van der Waals surface area contributed by atoms with Crippen LogP contribution >= 0.6 is 23.8 Å². The lowest BCUT2D eigenvalue weighted by atomic mass is 10.0. The highest BCUT2D eigenvalue weighted by atomic mass is 35.5. The maximum atomic E-state index is 6.45. The molecule has 0 radical (unpaired) electrons. The van der Waals surface area contributed by atoms with Crippen molar-refractivity contribution in [2.24, 2.45) is 0 Å². The Kier molecular flexibility index (Phi) is 6.64. The molecule has 3 aromatic rings. The molecule has 0 unspecified atom stereocenters. The number of rotatable bonds is 6. The van der Waals surface area contributed by atoms with Crippen LogP contribution in [0.4, 0.5) is 0 Å². The standard InChI is InChI=1S/C25H27ClN4O2S/c1-17-5-6-18(26)16-19(17)21-7-8-22(32-21)24-23(20-4-2-3-9-27-20)28-25(33)30(24)11-10-29-12-14-31-15-13-29/h2-9,16,23-24H,10-15H2,1H3,(H,28,33)/t23-,24+/m0/s1. The number of furan rings is 1. The third-order valence-electron chi connectivity index (χ3n) is 6.34. The summed E-state index contributed by atoms with van der Waals surface area (Å²) in [5, 5.41) is 4.91. The van der Waals surface area contributed by atoms with Crippen molar-refractivity contribution in [2.45, 2.75) is 19.0 Å². The minimum Gasteiger partial charge on any atom is -0.459 e. The van der Waals surface area contributed by atoms with E-state index >= 15 is 0 Å². The predicted molar refractivity (Wildman–Crippen MR) is 133 cm³/mol. The topological polar surface area (TPSA) is 53.8 Å². The van der Waals surface area contributed by atoms with E-state index in [2.05, 4.69) is 27.0 Å².